The van der Waals surface area contributed by atoms with E-state index in [0.717, 1.165) is 19.5 Å². The lowest BCUT2D eigenvalue weighted by molar-refractivity contribution is -0.136. The topological polar surface area (TPSA) is 23.6 Å². The van der Waals surface area contributed by atoms with Crippen LogP contribution in [0.25, 0.3) is 0 Å². The molecule has 0 aromatic rings. The fraction of sp³-hybridized carbons (Fsp3) is 0.909. The summed E-state index contributed by atoms with van der Waals surface area (Å²) in [6.45, 7) is 3.64. The molecule has 0 bridgehead atoms. The summed E-state index contributed by atoms with van der Waals surface area (Å²) >= 11 is 5.71. The van der Waals surface area contributed by atoms with E-state index < -0.39 is 0 Å². The zero-order valence-corrected chi connectivity index (χ0v) is 10.6. The average molecular weight is 233 g/mol. The average Bonchev–Trinajstić information content (AvgIpc) is 2.27. The molecule has 0 aromatic heterocycles. The van der Waals surface area contributed by atoms with E-state index in [1.54, 1.807) is 0 Å². The molecule has 1 heterocycles. The molecule has 88 valence electrons. The van der Waals surface area contributed by atoms with Crippen molar-refractivity contribution in [2.45, 2.75) is 25.8 Å². The van der Waals surface area contributed by atoms with Crippen LogP contribution in [0.5, 0.6) is 0 Å². The largest absolute Gasteiger partial charge is 0.341 e. The molecule has 0 radical (unpaired) electrons. The van der Waals surface area contributed by atoms with Crippen molar-refractivity contribution in [2.24, 2.45) is 5.92 Å². The molecule has 1 aliphatic heterocycles. The smallest absolute Gasteiger partial charge is 0.226 e. The van der Waals surface area contributed by atoms with Gasteiger partial charge in [-0.05, 0) is 26.9 Å². The number of halogens is 1. The minimum absolute atomic E-state index is 0.0485. The van der Waals surface area contributed by atoms with Gasteiger partial charge in [0.15, 0.2) is 0 Å². The van der Waals surface area contributed by atoms with Gasteiger partial charge in [-0.15, -0.1) is 11.6 Å². The Morgan fingerprint density at radius 2 is 2.27 bits per heavy atom. The summed E-state index contributed by atoms with van der Waals surface area (Å²) in [6, 6.07) is 0.505. The first-order valence-corrected chi connectivity index (χ1v) is 6.11. The lowest BCUT2D eigenvalue weighted by Gasteiger charge is -2.37. The van der Waals surface area contributed by atoms with Gasteiger partial charge in [0.2, 0.25) is 5.91 Å². The van der Waals surface area contributed by atoms with Gasteiger partial charge in [0.1, 0.15) is 0 Å². The first kappa shape index (κ1) is 12.8. The lowest BCUT2D eigenvalue weighted by Crippen LogP contribution is -2.49. The Kier molecular flexibility index (Phi) is 4.87. The van der Waals surface area contributed by atoms with Gasteiger partial charge >= 0.3 is 0 Å². The third kappa shape index (κ3) is 3.35. The van der Waals surface area contributed by atoms with E-state index in [0.29, 0.717) is 11.9 Å². The molecule has 1 fully saturated rings. The fourth-order valence-corrected chi connectivity index (χ4v) is 2.09. The molecular weight excluding hydrogens is 212 g/mol. The summed E-state index contributed by atoms with van der Waals surface area (Å²) in [6.07, 6.45) is 2.29. The van der Waals surface area contributed by atoms with E-state index in [-0.39, 0.29) is 11.8 Å². The Balaban J connectivity index is 2.52. The van der Waals surface area contributed by atoms with E-state index in [4.69, 9.17) is 11.6 Å². The maximum atomic E-state index is 11.9. The van der Waals surface area contributed by atoms with E-state index in [2.05, 4.69) is 19.0 Å². The monoisotopic (exact) mass is 232 g/mol. The number of likely N-dealkylation sites (tertiary alicyclic amines) is 1. The number of piperidine rings is 1. The zero-order valence-electron chi connectivity index (χ0n) is 9.87. The third-order valence-corrected chi connectivity index (χ3v) is 3.55. The molecule has 1 saturated heterocycles. The van der Waals surface area contributed by atoms with Crippen LogP contribution in [0.4, 0.5) is 0 Å². The summed E-state index contributed by atoms with van der Waals surface area (Å²) in [7, 11) is 4.15. The predicted octanol–water partition coefficient (Wildman–Crippen LogP) is 1.41. The molecule has 0 spiro atoms. The van der Waals surface area contributed by atoms with Crippen LogP contribution in [-0.2, 0) is 4.79 Å². The minimum atomic E-state index is -0.0485. The highest BCUT2D eigenvalue weighted by Gasteiger charge is 2.26. The summed E-state index contributed by atoms with van der Waals surface area (Å²) in [5.41, 5.74) is 0. The summed E-state index contributed by atoms with van der Waals surface area (Å²) in [4.78, 5) is 16.1. The second-order valence-electron chi connectivity index (χ2n) is 4.60. The van der Waals surface area contributed by atoms with Gasteiger partial charge < -0.3 is 9.80 Å². The van der Waals surface area contributed by atoms with Crippen LogP contribution in [0.15, 0.2) is 0 Å². The van der Waals surface area contributed by atoms with Crippen molar-refractivity contribution in [3.05, 3.63) is 0 Å². The highest BCUT2D eigenvalue weighted by atomic mass is 35.5. The van der Waals surface area contributed by atoms with E-state index in [1.807, 2.05) is 11.8 Å². The van der Waals surface area contributed by atoms with Crippen LogP contribution in [-0.4, -0.2) is 54.8 Å². The molecule has 2 unspecified atom stereocenters. The van der Waals surface area contributed by atoms with Crippen molar-refractivity contribution < 1.29 is 4.79 Å². The lowest BCUT2D eigenvalue weighted by atomic mass is 10.0. The number of hydrogen-bond donors (Lipinski definition) is 0. The number of hydrogen-bond acceptors (Lipinski definition) is 2. The van der Waals surface area contributed by atoms with Gasteiger partial charge in [-0.2, -0.15) is 0 Å². The first-order valence-electron chi connectivity index (χ1n) is 5.57. The van der Waals surface area contributed by atoms with Crippen molar-refractivity contribution in [2.75, 3.05) is 33.1 Å². The number of alkyl halides is 1. The van der Waals surface area contributed by atoms with Gasteiger partial charge in [-0.1, -0.05) is 6.92 Å². The maximum absolute atomic E-state index is 11.9. The summed E-state index contributed by atoms with van der Waals surface area (Å²) < 4.78 is 0. The van der Waals surface area contributed by atoms with Crippen molar-refractivity contribution in [3.63, 3.8) is 0 Å². The van der Waals surface area contributed by atoms with Crippen molar-refractivity contribution in [1.29, 1.82) is 0 Å². The SMILES string of the molecule is CC(CCl)C(=O)N1CCCC(N(C)C)C1. The van der Waals surface area contributed by atoms with Crippen molar-refractivity contribution in [1.82, 2.24) is 9.80 Å². The number of carbonyl (C=O) groups is 1. The number of nitrogens with zero attached hydrogens (tertiary/aromatic N) is 2. The number of likely N-dealkylation sites (N-methyl/N-ethyl adjacent to an activating group) is 1. The van der Waals surface area contributed by atoms with Gasteiger partial charge in [0, 0.05) is 30.9 Å². The highest BCUT2D eigenvalue weighted by Crippen LogP contribution is 2.16. The van der Waals surface area contributed by atoms with E-state index in [9.17, 15) is 4.79 Å². The molecule has 15 heavy (non-hydrogen) atoms. The van der Waals surface area contributed by atoms with Gasteiger partial charge in [0.05, 0.1) is 0 Å². The van der Waals surface area contributed by atoms with Crippen molar-refractivity contribution in [3.8, 4) is 0 Å². The molecule has 0 aromatic carbocycles. The molecule has 2 atom stereocenters. The number of amides is 1. The van der Waals surface area contributed by atoms with Crippen LogP contribution in [0.2, 0.25) is 0 Å². The van der Waals surface area contributed by atoms with Crippen LogP contribution >= 0.6 is 11.6 Å². The summed E-state index contributed by atoms with van der Waals surface area (Å²) in [5.74, 6) is 0.575. The Bertz CT molecular complexity index is 221. The van der Waals surface area contributed by atoms with Gasteiger partial charge in [-0.3, -0.25) is 4.79 Å². The Morgan fingerprint density at radius 3 is 2.80 bits per heavy atom. The van der Waals surface area contributed by atoms with Gasteiger partial charge in [-0.25, -0.2) is 0 Å². The molecule has 1 rings (SSSR count). The number of carbonyl (C=O) groups excluding carboxylic acids is 1. The normalized spacial score (nSPS) is 24.3. The Morgan fingerprint density at radius 1 is 1.60 bits per heavy atom. The highest BCUT2D eigenvalue weighted by molar-refractivity contribution is 6.19. The molecule has 1 amide bonds. The van der Waals surface area contributed by atoms with Crippen LogP contribution < -0.4 is 0 Å². The Labute approximate surface area is 97.4 Å². The van der Waals surface area contributed by atoms with Crippen molar-refractivity contribution >= 4 is 17.5 Å². The molecule has 4 heteroatoms. The third-order valence-electron chi connectivity index (χ3n) is 3.09. The van der Waals surface area contributed by atoms with Crippen LogP contribution in [0.1, 0.15) is 19.8 Å². The molecular formula is C11H21ClN2O. The van der Waals surface area contributed by atoms with Crippen LogP contribution in [0.3, 0.4) is 0 Å². The molecule has 0 saturated carbocycles. The number of rotatable bonds is 3. The molecule has 0 N–H and O–H groups in total. The molecule has 3 nitrogen and oxygen atoms in total. The second-order valence-corrected chi connectivity index (χ2v) is 4.91. The van der Waals surface area contributed by atoms with Gasteiger partial charge in [0.25, 0.3) is 0 Å². The molecule has 0 aliphatic carbocycles. The molecule has 1 aliphatic rings. The zero-order chi connectivity index (χ0) is 11.4. The van der Waals surface area contributed by atoms with E-state index >= 15 is 0 Å². The minimum Gasteiger partial charge on any atom is -0.341 e. The predicted molar refractivity (Wildman–Crippen MR) is 63.2 cm³/mol. The van der Waals surface area contributed by atoms with E-state index in [1.165, 1.54) is 6.42 Å². The standard InChI is InChI=1S/C11H21ClN2O/c1-9(7-12)11(15)14-6-4-5-10(8-14)13(2)3/h9-10H,4-8H2,1-3H3. The Hall–Kier alpha value is -0.280. The van der Waals surface area contributed by atoms with Crippen LogP contribution in [0, 0.1) is 5.92 Å². The summed E-state index contributed by atoms with van der Waals surface area (Å²) in [5, 5.41) is 0. The fourth-order valence-electron chi connectivity index (χ4n) is 1.95. The first-order chi connectivity index (χ1) is 7.06. The second kappa shape index (κ2) is 5.71. The quantitative estimate of drug-likeness (QED) is 0.688. The maximum Gasteiger partial charge on any atom is 0.226 e.